The van der Waals surface area contributed by atoms with E-state index in [0.29, 0.717) is 35.1 Å². The van der Waals surface area contributed by atoms with E-state index in [1.807, 2.05) is 19.1 Å². The number of halogens is 1. The lowest BCUT2D eigenvalue weighted by molar-refractivity contribution is -0.117. The molecule has 0 saturated heterocycles. The number of fused-ring (bicyclic) bond motifs is 1. The highest BCUT2D eigenvalue weighted by Crippen LogP contribution is 2.33. The summed E-state index contributed by atoms with van der Waals surface area (Å²) in [6, 6.07) is 7.17. The number of hydrogen-bond acceptors (Lipinski definition) is 5. The fraction of sp³-hybridized carbons (Fsp3) is 0.333. The van der Waals surface area contributed by atoms with Crippen LogP contribution < -0.4 is 10.2 Å². The van der Waals surface area contributed by atoms with Crippen LogP contribution in [0.25, 0.3) is 0 Å². The molecule has 2 amide bonds. The fourth-order valence-corrected chi connectivity index (χ4v) is 3.85. The topological polar surface area (TPSA) is 92.3 Å². The largest absolute Gasteiger partial charge is 0.311 e. The van der Waals surface area contributed by atoms with E-state index in [4.69, 9.17) is 11.6 Å². The number of carbonyl (C=O) groups is 2. The molecule has 1 aromatic carbocycles. The van der Waals surface area contributed by atoms with Gasteiger partial charge in [-0.2, -0.15) is 0 Å². The number of nitrogens with one attached hydrogen (secondary N) is 1. The summed E-state index contributed by atoms with van der Waals surface area (Å²) in [5.41, 5.74) is 1.43. The van der Waals surface area contributed by atoms with Gasteiger partial charge < -0.3 is 5.32 Å². The zero-order chi connectivity index (χ0) is 19.6. The monoisotopic (exact) mass is 406 g/mol. The number of carbonyl (C=O) groups excluding carboxylic acids is 2. The van der Waals surface area contributed by atoms with Crippen molar-refractivity contribution in [2.75, 3.05) is 16.0 Å². The highest BCUT2D eigenvalue weighted by molar-refractivity contribution is 7.84. The Morgan fingerprint density at radius 2 is 2.00 bits per heavy atom. The Balaban J connectivity index is 2.02. The predicted octanol–water partition coefficient (Wildman–Crippen LogP) is 2.70. The Morgan fingerprint density at radius 3 is 2.63 bits per heavy atom. The third-order valence-corrected chi connectivity index (χ3v) is 5.61. The first-order chi connectivity index (χ1) is 12.9. The molecule has 1 unspecified atom stereocenters. The first-order valence-electron chi connectivity index (χ1n) is 8.50. The van der Waals surface area contributed by atoms with Crippen LogP contribution in [0.15, 0.2) is 29.4 Å². The Labute approximate surface area is 164 Å². The Hall–Kier alpha value is -2.32. The maximum absolute atomic E-state index is 12.6. The van der Waals surface area contributed by atoms with E-state index >= 15 is 0 Å². The van der Waals surface area contributed by atoms with Crippen molar-refractivity contribution in [3.8, 4) is 0 Å². The summed E-state index contributed by atoms with van der Waals surface area (Å²) < 4.78 is 12.4. The van der Waals surface area contributed by atoms with E-state index in [0.717, 1.165) is 5.56 Å². The van der Waals surface area contributed by atoms with Crippen molar-refractivity contribution in [3.63, 3.8) is 0 Å². The summed E-state index contributed by atoms with van der Waals surface area (Å²) >= 11 is 5.92. The van der Waals surface area contributed by atoms with Crippen molar-refractivity contribution in [2.24, 2.45) is 0 Å². The molecule has 2 heterocycles. The van der Waals surface area contributed by atoms with E-state index < -0.39 is 10.8 Å². The van der Waals surface area contributed by atoms with Gasteiger partial charge in [-0.1, -0.05) is 30.7 Å². The van der Waals surface area contributed by atoms with Crippen LogP contribution in [-0.4, -0.2) is 31.7 Å². The second kappa shape index (κ2) is 8.14. The molecule has 9 heteroatoms. The van der Waals surface area contributed by atoms with Crippen molar-refractivity contribution in [3.05, 3.63) is 40.4 Å². The van der Waals surface area contributed by atoms with Crippen LogP contribution in [0.1, 0.15) is 31.4 Å². The number of benzene rings is 1. The number of rotatable bonds is 6. The van der Waals surface area contributed by atoms with E-state index in [1.165, 1.54) is 11.8 Å². The Kier molecular flexibility index (Phi) is 5.86. The number of aromatic nitrogens is 2. The third kappa shape index (κ3) is 4.33. The van der Waals surface area contributed by atoms with Crippen LogP contribution in [-0.2, 0) is 33.4 Å². The van der Waals surface area contributed by atoms with E-state index in [1.54, 1.807) is 12.1 Å². The van der Waals surface area contributed by atoms with Gasteiger partial charge in [-0.25, -0.2) is 9.97 Å². The lowest BCUT2D eigenvalue weighted by Gasteiger charge is -2.18. The van der Waals surface area contributed by atoms with Gasteiger partial charge in [-0.3, -0.25) is 18.7 Å². The van der Waals surface area contributed by atoms with Crippen molar-refractivity contribution >= 4 is 45.9 Å². The first kappa shape index (κ1) is 19.4. The molecule has 27 heavy (non-hydrogen) atoms. The minimum atomic E-state index is -1.41. The molecule has 0 spiro atoms. The lowest BCUT2D eigenvalue weighted by atomic mass is 10.2. The highest BCUT2D eigenvalue weighted by Gasteiger charge is 2.33. The summed E-state index contributed by atoms with van der Waals surface area (Å²) in [6.07, 6.45) is 0.787. The van der Waals surface area contributed by atoms with Gasteiger partial charge in [-0.05, 0) is 24.1 Å². The molecule has 0 bridgehead atoms. The zero-order valence-electron chi connectivity index (χ0n) is 15.0. The van der Waals surface area contributed by atoms with Gasteiger partial charge in [0, 0.05) is 23.3 Å². The molecule has 0 radical (unpaired) electrons. The Morgan fingerprint density at radius 1 is 1.30 bits per heavy atom. The van der Waals surface area contributed by atoms with Crippen LogP contribution in [0.2, 0.25) is 5.02 Å². The smallest absolute Gasteiger partial charge is 0.233 e. The average molecular weight is 407 g/mol. The molecular formula is C18H19ClN4O3S. The van der Waals surface area contributed by atoms with Gasteiger partial charge in [-0.15, -0.1) is 0 Å². The highest BCUT2D eigenvalue weighted by atomic mass is 35.5. The molecule has 1 aliphatic rings. The fourth-order valence-electron chi connectivity index (χ4n) is 2.79. The summed E-state index contributed by atoms with van der Waals surface area (Å²) in [5, 5.41) is 3.37. The molecule has 7 nitrogen and oxygen atoms in total. The van der Waals surface area contributed by atoms with Gasteiger partial charge in [0.25, 0.3) is 0 Å². The molecule has 1 aliphatic heterocycles. The standard InChI is InChI=1S/C18H19ClN4O3S/c1-3-8-27(26)18-21-16(20-11(2)24)14-9-15(25)23(17(14)22-18)10-12-4-6-13(19)7-5-12/h4-7H,3,8-10H2,1-2H3,(H,20,21,22,24). The second-order valence-corrected chi connectivity index (χ2v) is 8.07. The van der Waals surface area contributed by atoms with Crippen LogP contribution >= 0.6 is 11.6 Å². The normalized spacial score (nSPS) is 14.2. The molecule has 1 aromatic heterocycles. The van der Waals surface area contributed by atoms with E-state index in [9.17, 15) is 13.8 Å². The minimum Gasteiger partial charge on any atom is -0.311 e. The second-order valence-electron chi connectivity index (χ2n) is 6.17. The molecule has 1 N–H and O–H groups in total. The molecule has 0 saturated carbocycles. The number of anilines is 2. The lowest BCUT2D eigenvalue weighted by Crippen LogP contribution is -2.27. The zero-order valence-corrected chi connectivity index (χ0v) is 16.6. The van der Waals surface area contributed by atoms with Gasteiger partial charge in [0.2, 0.25) is 17.0 Å². The van der Waals surface area contributed by atoms with E-state index in [2.05, 4.69) is 15.3 Å². The summed E-state index contributed by atoms with van der Waals surface area (Å²) in [5.74, 6) is 0.585. The van der Waals surface area contributed by atoms with Crippen molar-refractivity contribution in [2.45, 2.75) is 38.4 Å². The minimum absolute atomic E-state index is 0.0826. The van der Waals surface area contributed by atoms with Crippen molar-refractivity contribution in [1.82, 2.24) is 9.97 Å². The molecule has 0 fully saturated rings. The SMILES string of the molecule is CCCS(=O)c1nc(NC(C)=O)c2c(n1)N(Cc1ccc(Cl)cc1)C(=O)C2. The molecule has 0 aliphatic carbocycles. The molecule has 142 valence electrons. The van der Waals surface area contributed by atoms with Crippen molar-refractivity contribution in [1.29, 1.82) is 0 Å². The quantitative estimate of drug-likeness (QED) is 0.744. The third-order valence-electron chi connectivity index (χ3n) is 3.99. The van der Waals surface area contributed by atoms with Gasteiger partial charge in [0.1, 0.15) is 11.6 Å². The molecule has 2 aromatic rings. The van der Waals surface area contributed by atoms with Gasteiger partial charge in [0.05, 0.1) is 23.8 Å². The molecule has 1 atom stereocenters. The number of nitrogens with zero attached hydrogens (tertiary/aromatic N) is 3. The number of hydrogen-bond donors (Lipinski definition) is 1. The summed E-state index contributed by atoms with van der Waals surface area (Å²) in [7, 11) is -1.41. The summed E-state index contributed by atoms with van der Waals surface area (Å²) in [6.45, 7) is 3.58. The average Bonchev–Trinajstić information content (AvgIpc) is 2.93. The van der Waals surface area contributed by atoms with Gasteiger partial charge in [0.15, 0.2) is 0 Å². The van der Waals surface area contributed by atoms with Crippen LogP contribution in [0.5, 0.6) is 0 Å². The molecule has 3 rings (SSSR count). The van der Waals surface area contributed by atoms with Crippen LogP contribution in [0.4, 0.5) is 11.6 Å². The molecular weight excluding hydrogens is 388 g/mol. The maximum Gasteiger partial charge on any atom is 0.233 e. The van der Waals surface area contributed by atoms with Crippen LogP contribution in [0, 0.1) is 0 Å². The van der Waals surface area contributed by atoms with Crippen LogP contribution in [0.3, 0.4) is 0 Å². The summed E-state index contributed by atoms with van der Waals surface area (Å²) in [4.78, 5) is 34.3. The first-order valence-corrected chi connectivity index (χ1v) is 10.2. The predicted molar refractivity (Wildman–Crippen MR) is 104 cm³/mol. The van der Waals surface area contributed by atoms with E-state index in [-0.39, 0.29) is 29.2 Å². The number of amides is 2. The maximum atomic E-state index is 12.6. The van der Waals surface area contributed by atoms with Crippen molar-refractivity contribution < 1.29 is 13.8 Å². The Bertz CT molecular complexity index is 918. The van der Waals surface area contributed by atoms with Gasteiger partial charge >= 0.3 is 0 Å².